The number of nitrogens with one attached hydrogen (secondary N) is 1. The topological polar surface area (TPSA) is 75.1 Å². The molecule has 0 aliphatic rings. The Hall–Kier alpha value is -2.26. The van der Waals surface area contributed by atoms with Crippen LogP contribution in [0.4, 0.5) is 0 Å². The van der Waals surface area contributed by atoms with Crippen molar-refractivity contribution in [1.82, 2.24) is 4.98 Å². The fourth-order valence-electron chi connectivity index (χ4n) is 2.22. The zero-order chi connectivity index (χ0) is 16.8. The Bertz CT molecular complexity index is 793. The molecular formula is C17H17BrN2O3. The molecule has 1 aromatic carbocycles. The number of halogens is 1. The summed E-state index contributed by atoms with van der Waals surface area (Å²) in [6.07, 6.45) is 0.886. The molecule has 1 heterocycles. The minimum Gasteiger partial charge on any atom is -0.493 e. The van der Waals surface area contributed by atoms with Crippen molar-refractivity contribution >= 4 is 15.9 Å². The molecule has 0 radical (unpaired) electrons. The second-order valence-electron chi connectivity index (χ2n) is 4.94. The van der Waals surface area contributed by atoms with Crippen molar-refractivity contribution in [3.63, 3.8) is 0 Å². The van der Waals surface area contributed by atoms with Crippen molar-refractivity contribution in [2.75, 3.05) is 19.0 Å². The highest BCUT2D eigenvalue weighted by Gasteiger charge is 2.13. The van der Waals surface area contributed by atoms with E-state index in [-0.39, 0.29) is 11.1 Å². The van der Waals surface area contributed by atoms with E-state index in [1.54, 1.807) is 32.2 Å². The van der Waals surface area contributed by atoms with Gasteiger partial charge in [0.1, 0.15) is 11.6 Å². The Morgan fingerprint density at radius 1 is 1.30 bits per heavy atom. The highest BCUT2D eigenvalue weighted by Crippen LogP contribution is 2.33. The minimum atomic E-state index is -0.390. The van der Waals surface area contributed by atoms with Gasteiger partial charge in [-0.3, -0.25) is 4.79 Å². The summed E-state index contributed by atoms with van der Waals surface area (Å²) in [6, 6.07) is 9.13. The average Bonchev–Trinajstić information content (AvgIpc) is 2.54. The molecule has 1 N–H and O–H groups in total. The van der Waals surface area contributed by atoms with E-state index in [4.69, 9.17) is 9.47 Å². The van der Waals surface area contributed by atoms with Crippen LogP contribution in [0.25, 0.3) is 11.1 Å². The standard InChI is InChI=1S/C17H17BrN2O3/c1-11-8-13(14(10-19)17(21)20-11)12-4-5-15(16(9-12)22-2)23-7-3-6-18/h4-5,8-9H,3,6-7H2,1-2H3,(H,20,21). The molecule has 0 spiro atoms. The number of benzene rings is 1. The molecule has 0 unspecified atom stereocenters. The summed E-state index contributed by atoms with van der Waals surface area (Å²) < 4.78 is 11.0. The van der Waals surface area contributed by atoms with E-state index in [9.17, 15) is 10.1 Å². The third-order valence-corrected chi connectivity index (χ3v) is 3.85. The van der Waals surface area contributed by atoms with Gasteiger partial charge in [-0.05, 0) is 37.1 Å². The molecule has 1 aromatic heterocycles. The molecule has 120 valence electrons. The third-order valence-electron chi connectivity index (χ3n) is 3.29. The number of hydrogen-bond acceptors (Lipinski definition) is 4. The molecule has 2 aromatic rings. The quantitative estimate of drug-likeness (QED) is 0.619. The minimum absolute atomic E-state index is 0.0885. The van der Waals surface area contributed by atoms with Gasteiger partial charge >= 0.3 is 0 Å². The van der Waals surface area contributed by atoms with E-state index in [1.165, 1.54) is 0 Å². The van der Waals surface area contributed by atoms with Gasteiger partial charge in [-0.15, -0.1) is 0 Å². The van der Waals surface area contributed by atoms with Crippen LogP contribution in [0.2, 0.25) is 0 Å². The SMILES string of the molecule is COc1cc(-c2cc(C)[nH]c(=O)c2C#N)ccc1OCCCBr. The van der Waals surface area contributed by atoms with Crippen LogP contribution in [0.3, 0.4) is 0 Å². The zero-order valence-electron chi connectivity index (χ0n) is 13.0. The number of aryl methyl sites for hydroxylation is 1. The summed E-state index contributed by atoms with van der Waals surface area (Å²) in [4.78, 5) is 14.6. The molecule has 5 nitrogen and oxygen atoms in total. The third kappa shape index (κ3) is 3.93. The Morgan fingerprint density at radius 2 is 2.09 bits per heavy atom. The van der Waals surface area contributed by atoms with E-state index in [2.05, 4.69) is 20.9 Å². The monoisotopic (exact) mass is 376 g/mol. The normalized spacial score (nSPS) is 10.2. The fourth-order valence-corrected chi connectivity index (χ4v) is 2.45. The van der Waals surface area contributed by atoms with Crippen molar-refractivity contribution in [2.24, 2.45) is 0 Å². The number of ether oxygens (including phenoxy) is 2. The Kier molecular flexibility index (Phi) is 5.83. The van der Waals surface area contributed by atoms with Gasteiger partial charge in [0.2, 0.25) is 0 Å². The first kappa shape index (κ1) is 17.1. The zero-order valence-corrected chi connectivity index (χ0v) is 14.6. The predicted octanol–water partition coefficient (Wildman–Crippen LogP) is 3.39. The van der Waals surface area contributed by atoms with E-state index in [0.29, 0.717) is 29.4 Å². The van der Waals surface area contributed by atoms with Gasteiger partial charge in [-0.2, -0.15) is 5.26 Å². The maximum absolute atomic E-state index is 11.9. The number of rotatable bonds is 6. The Balaban J connectivity index is 2.46. The van der Waals surface area contributed by atoms with Gasteiger partial charge in [0.15, 0.2) is 11.5 Å². The van der Waals surface area contributed by atoms with Gasteiger partial charge < -0.3 is 14.5 Å². The molecule has 2 rings (SSSR count). The number of hydrogen-bond donors (Lipinski definition) is 1. The van der Waals surface area contributed by atoms with Crippen molar-refractivity contribution in [1.29, 1.82) is 5.26 Å². The predicted molar refractivity (Wildman–Crippen MR) is 92.4 cm³/mol. The van der Waals surface area contributed by atoms with Crippen LogP contribution in [0.5, 0.6) is 11.5 Å². The van der Waals surface area contributed by atoms with Crippen molar-refractivity contribution < 1.29 is 9.47 Å². The van der Waals surface area contributed by atoms with Gasteiger partial charge in [-0.25, -0.2) is 0 Å². The summed E-state index contributed by atoms with van der Waals surface area (Å²) >= 11 is 3.36. The fraction of sp³-hybridized carbons (Fsp3) is 0.294. The molecule has 23 heavy (non-hydrogen) atoms. The Morgan fingerprint density at radius 3 is 2.74 bits per heavy atom. The number of aromatic nitrogens is 1. The van der Waals surface area contributed by atoms with E-state index in [0.717, 1.165) is 17.3 Å². The highest BCUT2D eigenvalue weighted by molar-refractivity contribution is 9.09. The second kappa shape index (κ2) is 7.84. The van der Waals surface area contributed by atoms with Crippen molar-refractivity contribution in [3.8, 4) is 28.7 Å². The number of aromatic amines is 1. The van der Waals surface area contributed by atoms with Crippen LogP contribution >= 0.6 is 15.9 Å². The molecule has 0 bridgehead atoms. The first-order valence-corrected chi connectivity index (χ1v) is 8.24. The molecule has 0 aliphatic carbocycles. The van der Waals surface area contributed by atoms with Crippen LogP contribution in [0, 0.1) is 18.3 Å². The Labute approximate surface area is 143 Å². The van der Waals surface area contributed by atoms with Gasteiger partial charge in [0.25, 0.3) is 5.56 Å². The maximum Gasteiger partial charge on any atom is 0.266 e. The number of nitriles is 1. The molecule has 0 atom stereocenters. The summed E-state index contributed by atoms with van der Waals surface area (Å²) in [5.74, 6) is 1.20. The maximum atomic E-state index is 11.9. The van der Waals surface area contributed by atoms with Gasteiger partial charge in [-0.1, -0.05) is 22.0 Å². The first-order valence-electron chi connectivity index (χ1n) is 7.12. The van der Waals surface area contributed by atoms with Crippen molar-refractivity contribution in [3.05, 3.63) is 45.9 Å². The molecule has 0 aliphatic heterocycles. The van der Waals surface area contributed by atoms with Crippen molar-refractivity contribution in [2.45, 2.75) is 13.3 Å². The molecule has 0 saturated carbocycles. The molecule has 0 amide bonds. The summed E-state index contributed by atoms with van der Waals surface area (Å²) in [6.45, 7) is 2.36. The lowest BCUT2D eigenvalue weighted by molar-refractivity contribution is 0.295. The van der Waals surface area contributed by atoms with Gasteiger partial charge in [0.05, 0.1) is 13.7 Å². The van der Waals surface area contributed by atoms with Crippen LogP contribution in [-0.4, -0.2) is 24.0 Å². The van der Waals surface area contributed by atoms with Crippen LogP contribution < -0.4 is 15.0 Å². The van der Waals surface area contributed by atoms with E-state index in [1.807, 2.05) is 12.1 Å². The number of H-pyrrole nitrogens is 1. The number of methoxy groups -OCH3 is 1. The molecular weight excluding hydrogens is 360 g/mol. The average molecular weight is 377 g/mol. The van der Waals surface area contributed by atoms with Gasteiger partial charge in [0, 0.05) is 16.6 Å². The van der Waals surface area contributed by atoms with Crippen LogP contribution in [0.1, 0.15) is 17.7 Å². The summed E-state index contributed by atoms with van der Waals surface area (Å²) in [5.41, 5.74) is 1.71. The molecule has 6 heteroatoms. The lowest BCUT2D eigenvalue weighted by Crippen LogP contribution is -2.12. The summed E-state index contributed by atoms with van der Waals surface area (Å²) in [7, 11) is 1.56. The largest absolute Gasteiger partial charge is 0.493 e. The smallest absolute Gasteiger partial charge is 0.266 e. The molecule has 0 saturated heterocycles. The lowest BCUT2D eigenvalue weighted by atomic mass is 10.0. The highest BCUT2D eigenvalue weighted by atomic mass is 79.9. The number of pyridine rings is 1. The van der Waals surface area contributed by atoms with E-state index >= 15 is 0 Å². The second-order valence-corrected chi connectivity index (χ2v) is 5.73. The number of alkyl halides is 1. The van der Waals surface area contributed by atoms with Crippen LogP contribution in [0.15, 0.2) is 29.1 Å². The molecule has 0 fully saturated rings. The van der Waals surface area contributed by atoms with E-state index < -0.39 is 0 Å². The lowest BCUT2D eigenvalue weighted by Gasteiger charge is -2.12. The number of nitrogens with zero attached hydrogens (tertiary/aromatic N) is 1. The summed E-state index contributed by atoms with van der Waals surface area (Å²) in [5, 5.41) is 10.1. The van der Waals surface area contributed by atoms with Crippen LogP contribution in [-0.2, 0) is 0 Å². The first-order chi connectivity index (χ1) is 11.1.